The van der Waals surface area contributed by atoms with Crippen LogP contribution in [0.25, 0.3) is 10.9 Å². The summed E-state index contributed by atoms with van der Waals surface area (Å²) in [6.07, 6.45) is 1.57. The smallest absolute Gasteiger partial charge is 0.148 e. The van der Waals surface area contributed by atoms with Crippen molar-refractivity contribution in [1.29, 1.82) is 0 Å². The van der Waals surface area contributed by atoms with Crippen molar-refractivity contribution in [3.63, 3.8) is 0 Å². The fourth-order valence-corrected chi connectivity index (χ4v) is 2.29. The van der Waals surface area contributed by atoms with Gasteiger partial charge < -0.3 is 5.32 Å². The number of para-hydroxylation sites is 1. The molecule has 3 aromatic rings. The van der Waals surface area contributed by atoms with E-state index in [4.69, 9.17) is 5.10 Å². The van der Waals surface area contributed by atoms with Crippen molar-refractivity contribution < 1.29 is 0 Å². The second-order valence-electron chi connectivity index (χ2n) is 4.70. The van der Waals surface area contributed by atoms with Gasteiger partial charge in [-0.15, -0.1) is 0 Å². The zero-order chi connectivity index (χ0) is 13.9. The van der Waals surface area contributed by atoms with Gasteiger partial charge in [0.2, 0.25) is 0 Å². The van der Waals surface area contributed by atoms with Gasteiger partial charge in [-0.25, -0.2) is 4.98 Å². The Morgan fingerprint density at radius 3 is 2.85 bits per heavy atom. The molecule has 0 radical (unpaired) electrons. The highest BCUT2D eigenvalue weighted by Crippen LogP contribution is 2.19. The van der Waals surface area contributed by atoms with Gasteiger partial charge in [-0.3, -0.25) is 9.36 Å². The average molecular weight is 270 g/mol. The van der Waals surface area contributed by atoms with Crippen molar-refractivity contribution in [2.24, 2.45) is 7.05 Å². The monoisotopic (exact) mass is 270 g/mol. The van der Waals surface area contributed by atoms with Gasteiger partial charge in [-0.05, 0) is 12.6 Å². The van der Waals surface area contributed by atoms with Gasteiger partial charge in [0.15, 0.2) is 0 Å². The number of rotatable bonds is 5. The first-order valence-electron chi connectivity index (χ1n) is 6.77. The molecule has 6 nitrogen and oxygen atoms in total. The fourth-order valence-electron chi connectivity index (χ4n) is 2.29. The molecule has 1 aromatic carbocycles. The number of benzene rings is 1. The number of hydrogen-bond acceptors (Lipinski definition) is 4. The number of nitrogens with zero attached hydrogens (tertiary/aromatic N) is 5. The Hall–Kier alpha value is -2.21. The largest absolute Gasteiger partial charge is 0.311 e. The van der Waals surface area contributed by atoms with Crippen LogP contribution >= 0.6 is 0 Å². The Labute approximate surface area is 117 Å². The van der Waals surface area contributed by atoms with Crippen LogP contribution in [-0.4, -0.2) is 31.1 Å². The molecular formula is C14H18N6. The Balaban J connectivity index is 2.00. The fraction of sp³-hybridized carbons (Fsp3) is 0.357. The van der Waals surface area contributed by atoms with Crippen molar-refractivity contribution in [2.75, 3.05) is 6.54 Å². The molecule has 0 spiro atoms. The maximum atomic E-state index is 4.72. The first-order valence-corrected chi connectivity index (χ1v) is 6.77. The highest BCUT2D eigenvalue weighted by Gasteiger charge is 2.11. The van der Waals surface area contributed by atoms with E-state index >= 15 is 0 Å². The predicted molar refractivity (Wildman–Crippen MR) is 77.2 cm³/mol. The van der Waals surface area contributed by atoms with Gasteiger partial charge in [0.25, 0.3) is 0 Å². The number of aromatic nitrogens is 5. The third-order valence-electron chi connectivity index (χ3n) is 3.37. The summed E-state index contributed by atoms with van der Waals surface area (Å²) >= 11 is 0. The molecule has 0 aliphatic rings. The van der Waals surface area contributed by atoms with Gasteiger partial charge in [-0.1, -0.05) is 25.1 Å². The highest BCUT2D eigenvalue weighted by molar-refractivity contribution is 5.81. The van der Waals surface area contributed by atoms with Gasteiger partial charge in [0, 0.05) is 19.0 Å². The van der Waals surface area contributed by atoms with Crippen molar-refractivity contribution in [2.45, 2.75) is 20.0 Å². The van der Waals surface area contributed by atoms with Gasteiger partial charge in [0.1, 0.15) is 18.7 Å². The maximum Gasteiger partial charge on any atom is 0.148 e. The minimum atomic E-state index is 0.628. The zero-order valence-electron chi connectivity index (χ0n) is 11.7. The van der Waals surface area contributed by atoms with Crippen LogP contribution in [0.5, 0.6) is 0 Å². The molecule has 2 heterocycles. The summed E-state index contributed by atoms with van der Waals surface area (Å²) in [6.45, 7) is 4.44. The summed E-state index contributed by atoms with van der Waals surface area (Å²) in [5.74, 6) is 0.897. The number of nitrogens with one attached hydrogen (secondary N) is 1. The van der Waals surface area contributed by atoms with Crippen molar-refractivity contribution >= 4 is 10.9 Å². The molecule has 0 saturated carbocycles. The average Bonchev–Trinajstić information content (AvgIpc) is 3.02. The Bertz CT molecular complexity index is 711. The van der Waals surface area contributed by atoms with Crippen LogP contribution in [0.15, 0.2) is 30.6 Å². The van der Waals surface area contributed by atoms with Crippen molar-refractivity contribution in [3.05, 3.63) is 42.1 Å². The molecule has 0 aliphatic heterocycles. The molecule has 20 heavy (non-hydrogen) atoms. The van der Waals surface area contributed by atoms with Crippen LogP contribution in [0.4, 0.5) is 0 Å². The molecule has 0 atom stereocenters. The van der Waals surface area contributed by atoms with E-state index in [0.717, 1.165) is 30.1 Å². The standard InChI is InChI=1S/C14H18N6/c1-3-15-8-12-11-6-4-5-7-13(11)20(18-12)9-14-16-10-17-19(14)2/h4-7,10,15H,3,8-9H2,1-2H3. The van der Waals surface area contributed by atoms with E-state index in [1.807, 2.05) is 23.9 Å². The molecule has 0 unspecified atom stereocenters. The molecule has 0 saturated heterocycles. The van der Waals surface area contributed by atoms with E-state index in [1.54, 1.807) is 11.0 Å². The summed E-state index contributed by atoms with van der Waals surface area (Å²) in [5, 5.41) is 13.3. The SMILES string of the molecule is CCNCc1nn(Cc2ncnn2C)c2ccccc12. The summed E-state index contributed by atoms with van der Waals surface area (Å²) < 4.78 is 3.77. The minimum absolute atomic E-state index is 0.628. The topological polar surface area (TPSA) is 60.6 Å². The lowest BCUT2D eigenvalue weighted by Crippen LogP contribution is -2.13. The van der Waals surface area contributed by atoms with Gasteiger partial charge >= 0.3 is 0 Å². The van der Waals surface area contributed by atoms with Crippen molar-refractivity contribution in [1.82, 2.24) is 29.9 Å². The molecule has 2 aromatic heterocycles. The number of aryl methyl sites for hydroxylation is 1. The van der Waals surface area contributed by atoms with E-state index < -0.39 is 0 Å². The highest BCUT2D eigenvalue weighted by atomic mass is 15.4. The lowest BCUT2D eigenvalue weighted by molar-refractivity contribution is 0.606. The molecule has 1 N–H and O–H groups in total. The molecule has 0 aliphatic carbocycles. The molecular weight excluding hydrogens is 252 g/mol. The second-order valence-corrected chi connectivity index (χ2v) is 4.70. The van der Waals surface area contributed by atoms with E-state index in [-0.39, 0.29) is 0 Å². The Kier molecular flexibility index (Phi) is 3.47. The van der Waals surface area contributed by atoms with Crippen LogP contribution < -0.4 is 5.32 Å². The lowest BCUT2D eigenvalue weighted by atomic mass is 10.2. The van der Waals surface area contributed by atoms with Crippen molar-refractivity contribution in [3.8, 4) is 0 Å². The summed E-state index contributed by atoms with van der Waals surface area (Å²) in [6, 6.07) is 8.29. The zero-order valence-corrected chi connectivity index (χ0v) is 11.7. The minimum Gasteiger partial charge on any atom is -0.311 e. The molecule has 0 amide bonds. The number of fused-ring (bicyclic) bond motifs is 1. The second kappa shape index (κ2) is 5.42. The third-order valence-corrected chi connectivity index (χ3v) is 3.37. The normalized spacial score (nSPS) is 11.3. The van der Waals surface area contributed by atoms with E-state index in [9.17, 15) is 0 Å². The molecule has 3 rings (SSSR count). The van der Waals surface area contributed by atoms with Crippen LogP contribution in [-0.2, 0) is 20.1 Å². The Morgan fingerprint density at radius 1 is 1.25 bits per heavy atom. The van der Waals surface area contributed by atoms with E-state index in [1.165, 1.54) is 5.39 Å². The summed E-state index contributed by atoms with van der Waals surface area (Å²) in [5.41, 5.74) is 2.20. The number of hydrogen-bond donors (Lipinski definition) is 1. The summed E-state index contributed by atoms with van der Waals surface area (Å²) in [7, 11) is 1.90. The first-order chi connectivity index (χ1) is 9.79. The van der Waals surface area contributed by atoms with E-state index in [2.05, 4.69) is 34.5 Å². The molecule has 104 valence electrons. The molecule has 6 heteroatoms. The van der Waals surface area contributed by atoms with Gasteiger partial charge in [0.05, 0.1) is 11.2 Å². The predicted octanol–water partition coefficient (Wildman–Crippen LogP) is 1.32. The van der Waals surface area contributed by atoms with Crippen LogP contribution in [0.1, 0.15) is 18.4 Å². The van der Waals surface area contributed by atoms with Crippen LogP contribution in [0.3, 0.4) is 0 Å². The lowest BCUT2D eigenvalue weighted by Gasteiger charge is -2.02. The van der Waals surface area contributed by atoms with Crippen LogP contribution in [0.2, 0.25) is 0 Å². The maximum absolute atomic E-state index is 4.72. The molecule has 0 bridgehead atoms. The van der Waals surface area contributed by atoms with Crippen LogP contribution in [0, 0.1) is 0 Å². The Morgan fingerprint density at radius 2 is 2.10 bits per heavy atom. The third kappa shape index (κ3) is 2.30. The summed E-state index contributed by atoms with van der Waals surface area (Å²) in [4.78, 5) is 4.26. The van der Waals surface area contributed by atoms with Gasteiger partial charge in [-0.2, -0.15) is 10.2 Å². The molecule has 0 fully saturated rings. The quantitative estimate of drug-likeness (QED) is 0.759. The van der Waals surface area contributed by atoms with E-state index in [0.29, 0.717) is 6.54 Å². The first kappa shape index (κ1) is 12.8.